The summed E-state index contributed by atoms with van der Waals surface area (Å²) in [6, 6.07) is 5.27. The lowest BCUT2D eigenvalue weighted by Gasteiger charge is -2.24. The van der Waals surface area contributed by atoms with Gasteiger partial charge < -0.3 is 10.1 Å². The molecule has 158 valence electrons. The van der Waals surface area contributed by atoms with E-state index in [9.17, 15) is 17.6 Å². The molecule has 29 heavy (non-hydrogen) atoms. The van der Waals surface area contributed by atoms with Gasteiger partial charge in [0, 0.05) is 31.8 Å². The molecule has 1 heterocycles. The molecule has 1 atom stereocenters. The van der Waals surface area contributed by atoms with Crippen LogP contribution in [0.15, 0.2) is 35.4 Å². The standard InChI is InChI=1S/C12H18N2O.C8H8FNO3S/c1-3-15-11-5-4-9-7-12(13-2)14-8-10(9)6-11;1-10-14(12,13)8-4-6(5-11)2-3-7(8)9/h7-8,11H,3-6H2,1-2H3,(H,13,14);2-5,10H,1H3. The minimum atomic E-state index is -3.85. The number of ether oxygens (including phenoxy) is 1. The Labute approximate surface area is 170 Å². The topological polar surface area (TPSA) is 97.4 Å². The second kappa shape index (κ2) is 10.4. The normalized spacial score (nSPS) is 15.7. The molecule has 2 aromatic rings. The lowest BCUT2D eigenvalue weighted by molar-refractivity contribution is 0.0534. The van der Waals surface area contributed by atoms with Gasteiger partial charge in [-0.25, -0.2) is 22.5 Å². The molecule has 9 heteroatoms. The highest BCUT2D eigenvalue weighted by molar-refractivity contribution is 7.89. The van der Waals surface area contributed by atoms with Crippen LogP contribution in [0.25, 0.3) is 0 Å². The van der Waals surface area contributed by atoms with Crippen molar-refractivity contribution in [3.8, 4) is 0 Å². The number of sulfonamides is 1. The quantitative estimate of drug-likeness (QED) is 0.693. The van der Waals surface area contributed by atoms with Crippen LogP contribution in [0, 0.1) is 5.82 Å². The van der Waals surface area contributed by atoms with Gasteiger partial charge in [-0.2, -0.15) is 0 Å². The number of nitrogens with one attached hydrogen (secondary N) is 2. The van der Waals surface area contributed by atoms with Gasteiger partial charge in [0.15, 0.2) is 0 Å². The zero-order chi connectivity index (χ0) is 21.4. The van der Waals surface area contributed by atoms with Crippen LogP contribution in [0.4, 0.5) is 10.2 Å². The number of aryl methyl sites for hydroxylation is 1. The summed E-state index contributed by atoms with van der Waals surface area (Å²) in [6.07, 6.45) is 6.08. The number of carbonyl (C=O) groups is 1. The zero-order valence-electron chi connectivity index (χ0n) is 16.7. The van der Waals surface area contributed by atoms with Crippen molar-refractivity contribution in [2.24, 2.45) is 0 Å². The number of carbonyl (C=O) groups excluding carboxylic acids is 1. The van der Waals surface area contributed by atoms with Crippen LogP contribution in [-0.2, 0) is 27.6 Å². The predicted molar refractivity (Wildman–Crippen MR) is 109 cm³/mol. The fraction of sp³-hybridized carbons (Fsp3) is 0.400. The number of hydrogen-bond acceptors (Lipinski definition) is 6. The van der Waals surface area contributed by atoms with Crippen molar-refractivity contribution < 1.29 is 22.3 Å². The highest BCUT2D eigenvalue weighted by Crippen LogP contribution is 2.24. The number of benzene rings is 1. The Morgan fingerprint density at radius 3 is 2.66 bits per heavy atom. The maximum absolute atomic E-state index is 13.1. The number of rotatable bonds is 6. The van der Waals surface area contributed by atoms with Gasteiger partial charge in [-0.05, 0) is 62.2 Å². The van der Waals surface area contributed by atoms with Gasteiger partial charge in [0.25, 0.3) is 0 Å². The van der Waals surface area contributed by atoms with E-state index in [0.29, 0.717) is 12.4 Å². The lowest BCUT2D eigenvalue weighted by Crippen LogP contribution is -2.22. The number of aldehydes is 1. The van der Waals surface area contributed by atoms with Crippen LogP contribution in [-0.4, -0.2) is 46.5 Å². The maximum atomic E-state index is 13.1. The molecule has 1 aliphatic rings. The summed E-state index contributed by atoms with van der Waals surface area (Å²) < 4.78 is 43.1. The minimum absolute atomic E-state index is 0.111. The summed E-state index contributed by atoms with van der Waals surface area (Å²) in [5, 5.41) is 3.07. The number of nitrogens with zero attached hydrogens (tertiary/aromatic N) is 1. The van der Waals surface area contributed by atoms with Gasteiger partial charge in [-0.3, -0.25) is 4.79 Å². The Morgan fingerprint density at radius 2 is 2.03 bits per heavy atom. The van der Waals surface area contributed by atoms with E-state index < -0.39 is 20.7 Å². The fourth-order valence-electron chi connectivity index (χ4n) is 3.03. The molecule has 0 amide bonds. The molecule has 7 nitrogen and oxygen atoms in total. The third kappa shape index (κ3) is 6.06. The van der Waals surface area contributed by atoms with Crippen molar-refractivity contribution in [3.63, 3.8) is 0 Å². The largest absolute Gasteiger partial charge is 0.378 e. The van der Waals surface area contributed by atoms with E-state index in [1.54, 1.807) is 0 Å². The average Bonchev–Trinajstić information content (AvgIpc) is 2.74. The molecule has 2 N–H and O–H groups in total. The molecule has 0 bridgehead atoms. The van der Waals surface area contributed by atoms with E-state index >= 15 is 0 Å². The zero-order valence-corrected chi connectivity index (χ0v) is 17.6. The Kier molecular flexibility index (Phi) is 8.24. The molecule has 1 aromatic carbocycles. The average molecular weight is 424 g/mol. The van der Waals surface area contributed by atoms with Crippen molar-refractivity contribution in [1.82, 2.24) is 9.71 Å². The molecule has 0 fully saturated rings. The first-order valence-electron chi connectivity index (χ1n) is 9.30. The van der Waals surface area contributed by atoms with E-state index in [0.717, 1.165) is 43.8 Å². The summed E-state index contributed by atoms with van der Waals surface area (Å²) in [6.45, 7) is 2.86. The van der Waals surface area contributed by atoms with E-state index in [-0.39, 0.29) is 5.56 Å². The minimum Gasteiger partial charge on any atom is -0.378 e. The van der Waals surface area contributed by atoms with Gasteiger partial charge in [0.05, 0.1) is 6.10 Å². The van der Waals surface area contributed by atoms with Crippen LogP contribution in [0.1, 0.15) is 34.8 Å². The van der Waals surface area contributed by atoms with E-state index in [2.05, 4.69) is 23.3 Å². The summed E-state index contributed by atoms with van der Waals surface area (Å²) in [7, 11) is -0.773. The molecule has 3 rings (SSSR count). The highest BCUT2D eigenvalue weighted by atomic mass is 32.2. The first-order valence-corrected chi connectivity index (χ1v) is 10.8. The van der Waals surface area contributed by atoms with E-state index in [1.165, 1.54) is 24.2 Å². The van der Waals surface area contributed by atoms with Crippen LogP contribution < -0.4 is 10.0 Å². The second-order valence-electron chi connectivity index (χ2n) is 6.42. The van der Waals surface area contributed by atoms with Crippen LogP contribution in [0.2, 0.25) is 0 Å². The van der Waals surface area contributed by atoms with Gasteiger partial charge in [-0.15, -0.1) is 0 Å². The monoisotopic (exact) mass is 423 g/mol. The molecule has 0 aliphatic heterocycles. The summed E-state index contributed by atoms with van der Waals surface area (Å²) in [5.74, 6) is 0.0774. The fourth-order valence-corrected chi connectivity index (χ4v) is 3.87. The number of pyridine rings is 1. The van der Waals surface area contributed by atoms with E-state index in [1.807, 2.05) is 18.0 Å². The number of halogens is 1. The molecule has 0 saturated heterocycles. The SMILES string of the molecule is CCOC1CCc2cc(NC)ncc2C1.CNS(=O)(=O)c1cc(C=O)ccc1F. The number of fused-ring (bicyclic) bond motifs is 1. The predicted octanol–water partition coefficient (Wildman–Crippen LogP) is 2.56. The van der Waals surface area contributed by atoms with Crippen molar-refractivity contribution in [1.29, 1.82) is 0 Å². The van der Waals surface area contributed by atoms with Crippen LogP contribution in [0.3, 0.4) is 0 Å². The number of anilines is 1. The van der Waals surface area contributed by atoms with Gasteiger partial charge in [0.2, 0.25) is 10.0 Å². The summed E-state index contributed by atoms with van der Waals surface area (Å²) >= 11 is 0. The Balaban J connectivity index is 0.000000208. The first-order chi connectivity index (χ1) is 13.8. The molecule has 0 radical (unpaired) electrons. The highest BCUT2D eigenvalue weighted by Gasteiger charge is 2.19. The maximum Gasteiger partial charge on any atom is 0.243 e. The summed E-state index contributed by atoms with van der Waals surface area (Å²) in [4.78, 5) is 14.2. The Hall–Kier alpha value is -2.36. The third-order valence-electron chi connectivity index (χ3n) is 4.57. The Bertz CT molecular complexity index is 951. The molecular weight excluding hydrogens is 397 g/mol. The molecular formula is C20H26FN3O4S. The smallest absolute Gasteiger partial charge is 0.243 e. The third-order valence-corrected chi connectivity index (χ3v) is 6.00. The van der Waals surface area contributed by atoms with Gasteiger partial charge in [-0.1, -0.05) is 0 Å². The van der Waals surface area contributed by atoms with Gasteiger partial charge >= 0.3 is 0 Å². The molecule has 1 aromatic heterocycles. The lowest BCUT2D eigenvalue weighted by atomic mass is 9.91. The Morgan fingerprint density at radius 1 is 1.28 bits per heavy atom. The van der Waals surface area contributed by atoms with Crippen molar-refractivity contribution in [2.75, 3.05) is 26.0 Å². The number of hydrogen-bond donors (Lipinski definition) is 2. The van der Waals surface area contributed by atoms with Crippen molar-refractivity contribution in [2.45, 2.75) is 37.2 Å². The first kappa shape index (κ1) is 22.9. The molecule has 1 unspecified atom stereocenters. The van der Waals surface area contributed by atoms with Gasteiger partial charge in [0.1, 0.15) is 22.8 Å². The molecule has 1 aliphatic carbocycles. The molecule has 0 saturated carbocycles. The van der Waals surface area contributed by atoms with E-state index in [4.69, 9.17) is 4.74 Å². The molecule has 0 spiro atoms. The summed E-state index contributed by atoms with van der Waals surface area (Å²) in [5.41, 5.74) is 2.88. The van der Waals surface area contributed by atoms with Crippen LogP contribution >= 0.6 is 0 Å². The van der Waals surface area contributed by atoms with Crippen molar-refractivity contribution in [3.05, 3.63) is 53.0 Å². The van der Waals surface area contributed by atoms with Crippen LogP contribution in [0.5, 0.6) is 0 Å². The number of aromatic nitrogens is 1. The second-order valence-corrected chi connectivity index (χ2v) is 8.28. The van der Waals surface area contributed by atoms with Crippen molar-refractivity contribution >= 4 is 22.1 Å².